The molecule has 13 heteroatoms. The molecule has 0 aliphatic carbocycles. The number of hydrogen-bond donors (Lipinski definition) is 0. The summed E-state index contributed by atoms with van der Waals surface area (Å²) in [7, 11) is 0. The van der Waals surface area contributed by atoms with Crippen LogP contribution in [0.2, 0.25) is 0 Å². The van der Waals surface area contributed by atoms with Gasteiger partial charge in [0.25, 0.3) is 0 Å². The second-order valence-electron chi connectivity index (χ2n) is 16.1. The predicted molar refractivity (Wildman–Crippen MR) is 260 cm³/mol. The van der Waals surface area contributed by atoms with Gasteiger partial charge in [-0.2, -0.15) is 35.0 Å². The summed E-state index contributed by atoms with van der Waals surface area (Å²) < 4.78 is 19.2. The summed E-state index contributed by atoms with van der Waals surface area (Å²) in [6, 6.07) is 64.1. The van der Waals surface area contributed by atoms with Gasteiger partial charge < -0.3 is 23.2 Å². The Balaban J connectivity index is 0.00000246. The van der Waals surface area contributed by atoms with Gasteiger partial charge in [0, 0.05) is 69.6 Å². The largest absolute Gasteiger partial charge is 2.00 e. The second-order valence-corrected chi connectivity index (χ2v) is 16.1. The third-order valence-corrected chi connectivity index (χ3v) is 12.2. The molecule has 0 N–H and O–H groups in total. The van der Waals surface area contributed by atoms with E-state index >= 15 is 0 Å². The maximum Gasteiger partial charge on any atom is 2.00 e. The van der Waals surface area contributed by atoms with Gasteiger partial charge in [-0.05, 0) is 41.1 Å². The van der Waals surface area contributed by atoms with E-state index in [1.165, 1.54) is 0 Å². The van der Waals surface area contributed by atoms with Crippen LogP contribution in [0.15, 0.2) is 176 Å². The van der Waals surface area contributed by atoms with Crippen LogP contribution in [0.25, 0.3) is 105 Å². The van der Waals surface area contributed by atoms with Crippen LogP contribution in [-0.2, 0) is 42.1 Å². The quantitative estimate of drug-likeness (QED) is 0.145. The Labute approximate surface area is 421 Å². The molecule has 6 heterocycles. The SMILES string of the molecule is [Pt+2].[Pt+2].[c-]1c(Oc2[c-]c3c(cc2)c2ccccc2n3-c2ncc3ccccc3n2)ccc2c3ccc(Oc4[c-]c5c(cc4)c4ccccc4n5-c4ncc5ccccc5n4)[c-]c3n(-c3ncccn3)c12. The fourth-order valence-electron chi connectivity index (χ4n) is 9.21. The van der Waals surface area contributed by atoms with Crippen molar-refractivity contribution < 1.29 is 51.6 Å². The summed E-state index contributed by atoms with van der Waals surface area (Å²) in [6.07, 6.45) is 7.13. The van der Waals surface area contributed by atoms with Gasteiger partial charge in [0.15, 0.2) is 0 Å². The maximum atomic E-state index is 6.59. The second kappa shape index (κ2) is 16.9. The number of nitrogens with zero attached hydrogens (tertiary/aromatic N) is 9. The van der Waals surface area contributed by atoms with Crippen LogP contribution in [0.3, 0.4) is 0 Å². The number of benzene rings is 8. The minimum atomic E-state index is 0. The van der Waals surface area contributed by atoms with Gasteiger partial charge in [-0.3, -0.25) is 0 Å². The number of para-hydroxylation sites is 4. The van der Waals surface area contributed by atoms with Crippen molar-refractivity contribution in [1.29, 1.82) is 0 Å². The third kappa shape index (κ3) is 6.96. The number of ether oxygens (including phenoxy) is 2. The number of hydrogen-bond acceptors (Lipinski definition) is 8. The standard InChI is InChI=1S/C56H29N9O2.2Pt/c1-5-14-46-34(10-1)32-59-55(61-46)63-48-16-7-3-12-40(48)42-22-18-36(28-50(42)63)66-38-20-24-44-45-25-21-39(31-53(45)65(52(44)30-38)54-57-26-9-27-58-54)67-37-19-23-43-41-13-4-8-17-49(41)64(51(43)29-37)56-60-33-35-11-2-6-15-47(35)62-56;;/h1-27,32-33H;;/q-4;2*+2. The van der Waals surface area contributed by atoms with Crippen molar-refractivity contribution >= 4 is 87.2 Å². The Morgan fingerprint density at radius 1 is 0.333 bits per heavy atom. The maximum absolute atomic E-state index is 6.59. The molecule has 0 amide bonds. The predicted octanol–water partition coefficient (Wildman–Crippen LogP) is 12.4. The number of fused-ring (bicyclic) bond motifs is 11. The topological polar surface area (TPSA) is 111 Å². The first-order chi connectivity index (χ1) is 33.2. The van der Waals surface area contributed by atoms with Crippen LogP contribution in [0.5, 0.6) is 23.0 Å². The molecule has 69 heavy (non-hydrogen) atoms. The fourth-order valence-corrected chi connectivity index (χ4v) is 9.21. The van der Waals surface area contributed by atoms with E-state index < -0.39 is 0 Å². The van der Waals surface area contributed by atoms with Gasteiger partial charge in [0.2, 0.25) is 17.8 Å². The molecule has 0 fully saturated rings. The Morgan fingerprint density at radius 2 is 0.710 bits per heavy atom. The molecule has 0 radical (unpaired) electrons. The van der Waals surface area contributed by atoms with Gasteiger partial charge in [0.05, 0.1) is 11.0 Å². The zero-order valence-corrected chi connectivity index (χ0v) is 40.3. The molecule has 0 spiro atoms. The zero-order valence-electron chi connectivity index (χ0n) is 35.7. The molecule has 6 aromatic heterocycles. The summed E-state index contributed by atoms with van der Waals surface area (Å²) in [5.41, 5.74) is 6.66. The Kier molecular flexibility index (Phi) is 10.3. The van der Waals surface area contributed by atoms with E-state index in [2.05, 4.69) is 70.6 Å². The molecule has 14 aromatic rings. The van der Waals surface area contributed by atoms with Crippen LogP contribution in [0, 0.1) is 24.3 Å². The van der Waals surface area contributed by atoms with Gasteiger partial charge in [-0.1, -0.05) is 94.9 Å². The Bertz CT molecular complexity index is 4070. The van der Waals surface area contributed by atoms with Crippen molar-refractivity contribution in [2.75, 3.05) is 0 Å². The van der Waals surface area contributed by atoms with E-state index in [9.17, 15) is 0 Å². The summed E-state index contributed by atoms with van der Waals surface area (Å²) in [5, 5.41) is 7.91. The van der Waals surface area contributed by atoms with E-state index in [1.807, 2.05) is 135 Å². The van der Waals surface area contributed by atoms with Crippen molar-refractivity contribution in [2.45, 2.75) is 0 Å². The minimum absolute atomic E-state index is 0. The van der Waals surface area contributed by atoms with Crippen LogP contribution < -0.4 is 9.47 Å². The molecule has 8 aromatic carbocycles. The molecular weight excluding hydrogens is 1220 g/mol. The molecule has 0 aliphatic rings. The van der Waals surface area contributed by atoms with Crippen molar-refractivity contribution in [2.24, 2.45) is 0 Å². The van der Waals surface area contributed by atoms with Gasteiger partial charge >= 0.3 is 42.1 Å². The van der Waals surface area contributed by atoms with E-state index in [0.29, 0.717) is 51.9 Å². The molecule has 14 rings (SSSR count). The first-order valence-electron chi connectivity index (χ1n) is 21.6. The van der Waals surface area contributed by atoms with Gasteiger partial charge in [0.1, 0.15) is 0 Å². The van der Waals surface area contributed by atoms with Crippen LogP contribution in [-0.4, -0.2) is 43.6 Å². The molecule has 330 valence electrons. The number of aromatic nitrogens is 9. The summed E-state index contributed by atoms with van der Waals surface area (Å²) in [6.45, 7) is 0. The zero-order chi connectivity index (χ0) is 44.0. The van der Waals surface area contributed by atoms with Crippen molar-refractivity contribution in [3.8, 4) is 40.8 Å². The molecule has 0 atom stereocenters. The molecule has 0 saturated carbocycles. The third-order valence-electron chi connectivity index (χ3n) is 12.2. The van der Waals surface area contributed by atoms with Crippen molar-refractivity contribution in [3.63, 3.8) is 0 Å². The first-order valence-corrected chi connectivity index (χ1v) is 21.6. The van der Waals surface area contributed by atoms with E-state index in [-0.39, 0.29) is 42.1 Å². The number of rotatable bonds is 7. The molecule has 0 unspecified atom stereocenters. The molecule has 0 saturated heterocycles. The monoisotopic (exact) mass is 1250 g/mol. The van der Waals surface area contributed by atoms with E-state index in [1.54, 1.807) is 18.5 Å². The molecular formula is C56H29N9O2Pt2. The van der Waals surface area contributed by atoms with Crippen LogP contribution >= 0.6 is 0 Å². The minimum Gasteiger partial charge on any atom is -0.509 e. The average Bonchev–Trinajstić information content (AvgIpc) is 4.01. The van der Waals surface area contributed by atoms with Gasteiger partial charge in [-0.25, -0.2) is 29.9 Å². The van der Waals surface area contributed by atoms with E-state index in [0.717, 1.165) is 76.2 Å². The van der Waals surface area contributed by atoms with Crippen molar-refractivity contribution in [3.05, 3.63) is 201 Å². The average molecular weight is 1250 g/mol. The smallest absolute Gasteiger partial charge is 0.509 e. The van der Waals surface area contributed by atoms with Crippen molar-refractivity contribution in [1.82, 2.24) is 43.6 Å². The van der Waals surface area contributed by atoms with Crippen LogP contribution in [0.1, 0.15) is 0 Å². The Hall–Kier alpha value is -8.10. The summed E-state index contributed by atoms with van der Waals surface area (Å²) in [5.74, 6) is 3.54. The fraction of sp³-hybridized carbons (Fsp3) is 0. The molecule has 0 aliphatic heterocycles. The Morgan fingerprint density at radius 3 is 1.16 bits per heavy atom. The molecule has 11 nitrogen and oxygen atoms in total. The van der Waals surface area contributed by atoms with Gasteiger partial charge in [-0.15, -0.1) is 59.3 Å². The summed E-state index contributed by atoms with van der Waals surface area (Å²) >= 11 is 0. The summed E-state index contributed by atoms with van der Waals surface area (Å²) in [4.78, 5) is 28.8. The van der Waals surface area contributed by atoms with E-state index in [4.69, 9.17) is 29.4 Å². The molecule has 0 bridgehead atoms. The first kappa shape index (κ1) is 42.3. The normalized spacial score (nSPS) is 11.5. The van der Waals surface area contributed by atoms with Crippen LogP contribution in [0.4, 0.5) is 0 Å².